The number of fused-ring (bicyclic) bond motifs is 1. The van der Waals surface area contributed by atoms with Crippen LogP contribution in [-0.2, 0) is 17.6 Å². The van der Waals surface area contributed by atoms with Gasteiger partial charge in [0.05, 0.1) is 17.3 Å². The van der Waals surface area contributed by atoms with E-state index in [0.29, 0.717) is 6.42 Å². The second-order valence-electron chi connectivity index (χ2n) is 5.92. The lowest BCUT2D eigenvalue weighted by molar-refractivity contribution is -0.118. The van der Waals surface area contributed by atoms with E-state index in [-0.39, 0.29) is 5.91 Å². The van der Waals surface area contributed by atoms with Crippen LogP contribution in [0.5, 0.6) is 5.75 Å². The Morgan fingerprint density at radius 2 is 2.04 bits per heavy atom. The second-order valence-corrected chi connectivity index (χ2v) is 8.04. The molecule has 0 fully saturated rings. The molecule has 26 heavy (non-hydrogen) atoms. The third-order valence-corrected chi connectivity index (χ3v) is 6.24. The minimum Gasteiger partial charge on any atom is -0.497 e. The standard InChI is InChI=1S/C20H22N2O2S2/c1-22-17-11-10-16(24-2)13-18(17)26-20(22)21-19(23)9-6-12-25-14-15-7-4-3-5-8-15/h3-5,7-8,10-11,13H,6,9,12,14H2,1-2H3. The number of ether oxygens (including phenoxy) is 1. The predicted octanol–water partition coefficient (Wildman–Crippen LogP) is 4.39. The van der Waals surface area contributed by atoms with E-state index in [1.807, 2.05) is 47.6 Å². The smallest absolute Gasteiger partial charge is 0.248 e. The first-order chi connectivity index (χ1) is 12.7. The predicted molar refractivity (Wildman–Crippen MR) is 110 cm³/mol. The number of rotatable bonds is 7. The molecule has 1 aromatic heterocycles. The van der Waals surface area contributed by atoms with Crippen molar-refractivity contribution in [2.45, 2.75) is 18.6 Å². The molecular weight excluding hydrogens is 364 g/mol. The third kappa shape index (κ3) is 4.77. The van der Waals surface area contributed by atoms with Gasteiger partial charge in [0.25, 0.3) is 0 Å². The SMILES string of the molecule is COc1ccc2c(c1)sc(=NC(=O)CCCSCc1ccccc1)n2C. The van der Waals surface area contributed by atoms with E-state index in [2.05, 4.69) is 29.3 Å². The van der Waals surface area contributed by atoms with Crippen LogP contribution in [0.3, 0.4) is 0 Å². The topological polar surface area (TPSA) is 43.6 Å². The first-order valence-electron chi connectivity index (χ1n) is 8.50. The highest BCUT2D eigenvalue weighted by Crippen LogP contribution is 2.22. The fourth-order valence-corrected chi connectivity index (χ4v) is 4.59. The molecule has 0 unspecified atom stereocenters. The summed E-state index contributed by atoms with van der Waals surface area (Å²) in [5.74, 6) is 2.71. The van der Waals surface area contributed by atoms with Crippen molar-refractivity contribution >= 4 is 39.2 Å². The molecule has 4 nitrogen and oxygen atoms in total. The van der Waals surface area contributed by atoms with Gasteiger partial charge in [0.2, 0.25) is 5.91 Å². The number of benzene rings is 2. The molecule has 0 aliphatic rings. The van der Waals surface area contributed by atoms with Crippen molar-refractivity contribution in [1.82, 2.24) is 4.57 Å². The Morgan fingerprint density at radius 1 is 1.23 bits per heavy atom. The number of nitrogens with zero attached hydrogens (tertiary/aromatic N) is 2. The molecule has 6 heteroatoms. The number of methoxy groups -OCH3 is 1. The molecule has 1 heterocycles. The quantitative estimate of drug-likeness (QED) is 0.566. The maximum absolute atomic E-state index is 12.2. The molecule has 0 bridgehead atoms. The number of thiazole rings is 1. The van der Waals surface area contributed by atoms with E-state index in [1.165, 1.54) is 16.9 Å². The fraction of sp³-hybridized carbons (Fsp3) is 0.300. The zero-order valence-corrected chi connectivity index (χ0v) is 16.6. The summed E-state index contributed by atoms with van der Waals surface area (Å²) in [6, 6.07) is 16.3. The Morgan fingerprint density at radius 3 is 2.81 bits per heavy atom. The maximum Gasteiger partial charge on any atom is 0.248 e. The van der Waals surface area contributed by atoms with E-state index in [4.69, 9.17) is 4.74 Å². The van der Waals surface area contributed by atoms with E-state index < -0.39 is 0 Å². The summed E-state index contributed by atoms with van der Waals surface area (Å²) in [5.41, 5.74) is 2.38. The van der Waals surface area contributed by atoms with E-state index in [0.717, 1.165) is 38.7 Å². The summed E-state index contributed by atoms with van der Waals surface area (Å²) in [4.78, 5) is 17.2. The average molecular weight is 387 g/mol. The molecule has 0 aliphatic carbocycles. The number of hydrogen-bond donors (Lipinski definition) is 0. The van der Waals surface area contributed by atoms with Crippen LogP contribution in [0.25, 0.3) is 10.2 Å². The van der Waals surface area contributed by atoms with Crippen molar-refractivity contribution in [2.75, 3.05) is 12.9 Å². The molecule has 0 saturated heterocycles. The van der Waals surface area contributed by atoms with Crippen LogP contribution < -0.4 is 9.54 Å². The van der Waals surface area contributed by atoms with E-state index in [1.54, 1.807) is 7.11 Å². The van der Waals surface area contributed by atoms with Gasteiger partial charge in [-0.05, 0) is 35.9 Å². The lowest BCUT2D eigenvalue weighted by Crippen LogP contribution is -2.13. The van der Waals surface area contributed by atoms with Gasteiger partial charge in [-0.15, -0.1) is 0 Å². The number of carbonyl (C=O) groups is 1. The number of aryl methyl sites for hydroxylation is 1. The second kappa shape index (κ2) is 9.05. The number of thioether (sulfide) groups is 1. The zero-order valence-electron chi connectivity index (χ0n) is 15.0. The Hall–Kier alpha value is -2.05. The van der Waals surface area contributed by atoms with E-state index >= 15 is 0 Å². The molecule has 0 spiro atoms. The highest BCUT2D eigenvalue weighted by molar-refractivity contribution is 7.98. The fourth-order valence-electron chi connectivity index (χ4n) is 2.60. The first-order valence-corrected chi connectivity index (χ1v) is 10.5. The van der Waals surface area contributed by atoms with Gasteiger partial charge in [-0.2, -0.15) is 16.8 Å². The van der Waals surface area contributed by atoms with Gasteiger partial charge >= 0.3 is 0 Å². The maximum atomic E-state index is 12.2. The Kier molecular flexibility index (Phi) is 6.52. The molecule has 0 atom stereocenters. The number of aromatic nitrogens is 1. The Labute approximate surface area is 161 Å². The summed E-state index contributed by atoms with van der Waals surface area (Å²) in [7, 11) is 3.59. The van der Waals surface area contributed by atoms with Crippen LogP contribution in [0.2, 0.25) is 0 Å². The third-order valence-electron chi connectivity index (χ3n) is 4.03. The van der Waals surface area contributed by atoms with Gasteiger partial charge in [-0.1, -0.05) is 41.7 Å². The van der Waals surface area contributed by atoms with Crippen molar-refractivity contribution in [2.24, 2.45) is 12.0 Å². The minimum absolute atomic E-state index is 0.0561. The molecule has 0 radical (unpaired) electrons. The van der Waals surface area contributed by atoms with Gasteiger partial charge in [0.15, 0.2) is 4.80 Å². The molecule has 3 aromatic rings. The molecule has 0 saturated carbocycles. The first kappa shape index (κ1) is 18.7. The summed E-state index contributed by atoms with van der Waals surface area (Å²) in [5, 5.41) is 0. The highest BCUT2D eigenvalue weighted by Gasteiger charge is 2.06. The lowest BCUT2D eigenvalue weighted by Gasteiger charge is -2.01. The number of hydrogen-bond acceptors (Lipinski definition) is 4. The van der Waals surface area contributed by atoms with Crippen LogP contribution in [0, 0.1) is 0 Å². The van der Waals surface area contributed by atoms with Gasteiger partial charge < -0.3 is 9.30 Å². The van der Waals surface area contributed by atoms with Crippen LogP contribution in [0.4, 0.5) is 0 Å². The molecule has 2 aromatic carbocycles. The Balaban J connectivity index is 1.55. The van der Waals surface area contributed by atoms with E-state index in [9.17, 15) is 4.79 Å². The monoisotopic (exact) mass is 386 g/mol. The molecular formula is C20H22N2O2S2. The largest absolute Gasteiger partial charge is 0.497 e. The molecule has 1 amide bonds. The van der Waals surface area contributed by atoms with Crippen molar-refractivity contribution in [3.8, 4) is 5.75 Å². The van der Waals surface area contributed by atoms with Crippen molar-refractivity contribution < 1.29 is 9.53 Å². The van der Waals surface area contributed by atoms with Crippen LogP contribution in [-0.4, -0.2) is 23.3 Å². The summed E-state index contributed by atoms with van der Waals surface area (Å²) in [6.45, 7) is 0. The van der Waals surface area contributed by atoms with Crippen LogP contribution in [0.1, 0.15) is 18.4 Å². The number of amides is 1. The normalized spacial score (nSPS) is 11.8. The zero-order chi connectivity index (χ0) is 18.4. The minimum atomic E-state index is -0.0561. The van der Waals surface area contributed by atoms with Gasteiger partial charge in [-0.25, -0.2) is 0 Å². The van der Waals surface area contributed by atoms with Gasteiger partial charge in [0, 0.05) is 19.2 Å². The Bertz CT molecular complexity index is 945. The summed E-state index contributed by atoms with van der Waals surface area (Å²) in [6.07, 6.45) is 1.33. The van der Waals surface area contributed by atoms with Gasteiger partial charge in [0.1, 0.15) is 5.75 Å². The van der Waals surface area contributed by atoms with Crippen LogP contribution >= 0.6 is 23.1 Å². The molecule has 0 N–H and O–H groups in total. The molecule has 0 aliphatic heterocycles. The van der Waals surface area contributed by atoms with Crippen molar-refractivity contribution in [1.29, 1.82) is 0 Å². The average Bonchev–Trinajstić information content (AvgIpc) is 2.97. The summed E-state index contributed by atoms with van der Waals surface area (Å²) < 4.78 is 8.28. The number of carbonyl (C=O) groups excluding carboxylic acids is 1. The van der Waals surface area contributed by atoms with Gasteiger partial charge in [-0.3, -0.25) is 4.79 Å². The van der Waals surface area contributed by atoms with Crippen molar-refractivity contribution in [3.05, 3.63) is 58.9 Å². The van der Waals surface area contributed by atoms with Crippen molar-refractivity contribution in [3.63, 3.8) is 0 Å². The molecule has 136 valence electrons. The molecule has 3 rings (SSSR count). The summed E-state index contributed by atoms with van der Waals surface area (Å²) >= 11 is 3.37. The lowest BCUT2D eigenvalue weighted by atomic mass is 10.2. The highest BCUT2D eigenvalue weighted by atomic mass is 32.2. The van der Waals surface area contributed by atoms with Crippen LogP contribution in [0.15, 0.2) is 53.5 Å².